The van der Waals surface area contributed by atoms with Crippen molar-refractivity contribution in [3.63, 3.8) is 0 Å². The van der Waals surface area contributed by atoms with Crippen LogP contribution >= 0.6 is 0 Å². The van der Waals surface area contributed by atoms with Crippen molar-refractivity contribution in [1.29, 1.82) is 0 Å². The summed E-state index contributed by atoms with van der Waals surface area (Å²) in [4.78, 5) is 0. The van der Waals surface area contributed by atoms with Crippen LogP contribution in [-0.2, 0) is 13.4 Å². The van der Waals surface area contributed by atoms with Crippen molar-refractivity contribution in [3.05, 3.63) is 83.8 Å². The third kappa shape index (κ3) is 2.86. The van der Waals surface area contributed by atoms with E-state index in [9.17, 15) is 0 Å². The predicted molar refractivity (Wildman–Crippen MR) is 124 cm³/mol. The van der Waals surface area contributed by atoms with Gasteiger partial charge in [-0.3, -0.25) is 0 Å². The average molecular weight is 475 g/mol. The van der Waals surface area contributed by atoms with Crippen LogP contribution in [0.5, 0.6) is 0 Å². The molecule has 6 rings (SSSR count). The number of benzene rings is 3. The monoisotopic (exact) mass is 476 g/mol. The molecule has 5 aromatic rings. The van der Waals surface area contributed by atoms with Crippen LogP contribution < -0.4 is 9.03 Å². The Morgan fingerprint density at radius 1 is 1.00 bits per heavy atom. The Hall–Kier alpha value is -2.94. The van der Waals surface area contributed by atoms with E-state index in [2.05, 4.69) is 23.6 Å². The SMILES string of the molecule is [2H]C1([2H])C[Se]c2cc(-c3c(F)ccc4c3oc3c(-c5cccc[n+]5C)c(C)ccc34)ccc21. The van der Waals surface area contributed by atoms with Gasteiger partial charge in [0.25, 0.3) is 0 Å². The van der Waals surface area contributed by atoms with Gasteiger partial charge in [0.2, 0.25) is 0 Å². The molecule has 0 unspecified atom stereocenters. The summed E-state index contributed by atoms with van der Waals surface area (Å²) in [5.74, 6) is -0.335. The maximum absolute atomic E-state index is 15.3. The molecule has 0 bridgehead atoms. The molecule has 1 aliphatic rings. The second-order valence-electron chi connectivity index (χ2n) is 7.91. The molecule has 0 spiro atoms. The normalized spacial score (nSPS) is 15.8. The van der Waals surface area contributed by atoms with Crippen LogP contribution in [-0.4, -0.2) is 15.0 Å². The van der Waals surface area contributed by atoms with Gasteiger partial charge in [-0.2, -0.15) is 0 Å². The fourth-order valence-corrected chi connectivity index (χ4v) is 6.35. The van der Waals surface area contributed by atoms with Gasteiger partial charge in [0.1, 0.15) is 0 Å². The van der Waals surface area contributed by atoms with E-state index in [1.165, 1.54) is 6.07 Å². The minimum absolute atomic E-state index is 0.0411. The third-order valence-corrected chi connectivity index (χ3v) is 8.01. The fraction of sp³-hybridized carbons (Fsp3) is 0.148. The second kappa shape index (κ2) is 7.05. The van der Waals surface area contributed by atoms with Gasteiger partial charge in [0, 0.05) is 0 Å². The first kappa shape index (κ1) is 16.7. The Bertz CT molecular complexity index is 1590. The summed E-state index contributed by atoms with van der Waals surface area (Å²) >= 11 is 0.0411. The van der Waals surface area contributed by atoms with Crippen LogP contribution in [0.25, 0.3) is 44.3 Å². The Morgan fingerprint density at radius 2 is 1.81 bits per heavy atom. The number of hydrogen-bond acceptors (Lipinski definition) is 1. The Labute approximate surface area is 189 Å². The van der Waals surface area contributed by atoms with Crippen LogP contribution in [0, 0.1) is 12.7 Å². The average Bonchev–Trinajstić information content (AvgIpc) is 3.31. The molecule has 3 aromatic carbocycles. The molecule has 3 heterocycles. The van der Waals surface area contributed by atoms with Crippen LogP contribution in [0.2, 0.25) is 5.32 Å². The summed E-state index contributed by atoms with van der Waals surface area (Å²) in [6.07, 6.45) is 0.710. The van der Waals surface area contributed by atoms with Crippen molar-refractivity contribution in [1.82, 2.24) is 0 Å². The molecule has 0 atom stereocenters. The van der Waals surface area contributed by atoms with Crippen molar-refractivity contribution < 1.29 is 16.1 Å². The Morgan fingerprint density at radius 3 is 2.65 bits per heavy atom. The standard InChI is InChI=1S/C27H21FNOSe/c1-16-6-9-19-20-10-11-21(28)25(18-8-7-17-12-14-31-23(17)15-18)27(20)30-26(19)24(16)22-5-3-4-13-29(22)2/h3-11,13,15H,12,14H2,1-2H3/q+1/i12D2. The number of fused-ring (bicyclic) bond motifs is 4. The zero-order valence-electron chi connectivity index (χ0n) is 19.2. The Balaban J connectivity index is 1.65. The summed E-state index contributed by atoms with van der Waals surface area (Å²) in [5, 5.41) is 2.35. The van der Waals surface area contributed by atoms with Gasteiger partial charge in [0.05, 0.1) is 0 Å². The second-order valence-corrected chi connectivity index (χ2v) is 10.0. The van der Waals surface area contributed by atoms with E-state index in [4.69, 9.17) is 7.16 Å². The zero-order chi connectivity index (χ0) is 22.9. The molecule has 4 heteroatoms. The number of nitrogens with zero attached hydrogens (tertiary/aromatic N) is 1. The van der Waals surface area contributed by atoms with Crippen molar-refractivity contribution in [2.45, 2.75) is 18.6 Å². The van der Waals surface area contributed by atoms with E-state index in [0.29, 0.717) is 16.5 Å². The molecule has 0 saturated carbocycles. The van der Waals surface area contributed by atoms with Crippen LogP contribution in [0.4, 0.5) is 4.39 Å². The summed E-state index contributed by atoms with van der Waals surface area (Å²) < 4.78 is 41.3. The van der Waals surface area contributed by atoms with Crippen molar-refractivity contribution >= 4 is 41.4 Å². The molecular weight excluding hydrogens is 452 g/mol. The van der Waals surface area contributed by atoms with Gasteiger partial charge < -0.3 is 0 Å². The molecule has 152 valence electrons. The van der Waals surface area contributed by atoms with Crippen molar-refractivity contribution in [2.24, 2.45) is 7.05 Å². The first-order chi connectivity index (χ1) is 15.8. The summed E-state index contributed by atoms with van der Waals surface area (Å²) in [5.41, 5.74) is 6.32. The molecular formula is C27H21FNOSe+. The van der Waals surface area contributed by atoms with Gasteiger partial charge in [-0.05, 0) is 0 Å². The molecule has 31 heavy (non-hydrogen) atoms. The van der Waals surface area contributed by atoms with E-state index in [0.717, 1.165) is 48.8 Å². The molecule has 0 amide bonds. The van der Waals surface area contributed by atoms with E-state index in [1.807, 2.05) is 49.6 Å². The van der Waals surface area contributed by atoms with Gasteiger partial charge in [-0.15, -0.1) is 0 Å². The summed E-state index contributed by atoms with van der Waals surface area (Å²) in [6.45, 7) is 2.06. The van der Waals surface area contributed by atoms with E-state index >= 15 is 4.39 Å². The van der Waals surface area contributed by atoms with Crippen molar-refractivity contribution in [3.8, 4) is 22.4 Å². The quantitative estimate of drug-likeness (QED) is 0.244. The van der Waals surface area contributed by atoms with E-state index < -0.39 is 6.37 Å². The molecule has 0 radical (unpaired) electrons. The number of aryl methyl sites for hydroxylation is 3. The molecule has 0 fully saturated rings. The molecule has 0 N–H and O–H groups in total. The molecule has 0 aliphatic carbocycles. The number of hydrogen-bond donors (Lipinski definition) is 0. The summed E-state index contributed by atoms with van der Waals surface area (Å²) in [7, 11) is 2.01. The van der Waals surface area contributed by atoms with Gasteiger partial charge in [0.15, 0.2) is 0 Å². The van der Waals surface area contributed by atoms with Gasteiger partial charge >= 0.3 is 189 Å². The number of halogens is 1. The van der Waals surface area contributed by atoms with E-state index in [1.54, 1.807) is 6.07 Å². The van der Waals surface area contributed by atoms with Gasteiger partial charge in [-0.25, -0.2) is 0 Å². The van der Waals surface area contributed by atoms with Crippen LogP contribution in [0.3, 0.4) is 0 Å². The Kier molecular flexibility index (Phi) is 3.80. The number of pyridine rings is 1. The molecule has 2 aromatic heterocycles. The number of furan rings is 1. The fourth-order valence-electron chi connectivity index (χ4n) is 4.48. The predicted octanol–water partition coefficient (Wildman–Crippen LogP) is 5.50. The van der Waals surface area contributed by atoms with Gasteiger partial charge in [-0.1, -0.05) is 0 Å². The zero-order valence-corrected chi connectivity index (χ0v) is 18.9. The van der Waals surface area contributed by atoms with E-state index in [-0.39, 0.29) is 20.8 Å². The minimum atomic E-state index is -1.30. The molecule has 2 nitrogen and oxygen atoms in total. The maximum atomic E-state index is 15.3. The third-order valence-electron chi connectivity index (χ3n) is 6.04. The van der Waals surface area contributed by atoms with Crippen molar-refractivity contribution in [2.75, 3.05) is 0 Å². The summed E-state index contributed by atoms with van der Waals surface area (Å²) in [6, 6.07) is 19.1. The number of aromatic nitrogens is 1. The topological polar surface area (TPSA) is 17.0 Å². The van der Waals surface area contributed by atoms with Crippen LogP contribution in [0.1, 0.15) is 13.9 Å². The number of rotatable bonds is 2. The first-order valence-electron chi connectivity index (χ1n) is 11.2. The first-order valence-corrected chi connectivity index (χ1v) is 12.3. The molecule has 1 aliphatic heterocycles. The molecule has 0 saturated heterocycles. The van der Waals surface area contributed by atoms with Crippen LogP contribution in [0.15, 0.2) is 71.3 Å².